The van der Waals surface area contributed by atoms with Gasteiger partial charge < -0.3 is 5.11 Å². The van der Waals surface area contributed by atoms with Crippen molar-refractivity contribution in [3.8, 4) is 0 Å². The summed E-state index contributed by atoms with van der Waals surface area (Å²) in [6.07, 6.45) is 4.48. The summed E-state index contributed by atoms with van der Waals surface area (Å²) in [4.78, 5) is 0. The molecular weight excluding hydrogens is 148 g/mol. The second-order valence-electron chi connectivity index (χ2n) is 2.77. The molecule has 0 bridgehead atoms. The van der Waals surface area contributed by atoms with Gasteiger partial charge in [-0.3, -0.25) is 0 Å². The van der Waals surface area contributed by atoms with Crippen LogP contribution in [-0.2, 0) is 0 Å². The Morgan fingerprint density at radius 1 is 1.20 bits per heavy atom. The number of unbranched alkanes of at least 4 members (excludes halogenated alkanes) is 1. The maximum atomic E-state index is 9.41. The topological polar surface area (TPSA) is 20.2 Å². The lowest BCUT2D eigenvalue weighted by Gasteiger charge is -2.18. The largest absolute Gasteiger partial charge is 0.375 e. The Labute approximate surface area is 68.4 Å². The van der Waals surface area contributed by atoms with Crippen molar-refractivity contribution in [2.75, 3.05) is 0 Å². The normalized spacial score (nSPS) is 16.8. The van der Waals surface area contributed by atoms with Gasteiger partial charge in [-0.1, -0.05) is 38.3 Å². The molecule has 0 heterocycles. The van der Waals surface area contributed by atoms with E-state index in [-0.39, 0.29) is 0 Å². The van der Waals surface area contributed by atoms with E-state index in [1.807, 2.05) is 6.92 Å². The van der Waals surface area contributed by atoms with E-state index in [2.05, 4.69) is 6.92 Å². The van der Waals surface area contributed by atoms with Gasteiger partial charge in [-0.05, 0) is 19.3 Å². The van der Waals surface area contributed by atoms with Gasteiger partial charge in [0.1, 0.15) is 5.06 Å². The van der Waals surface area contributed by atoms with Crippen LogP contribution in [0.3, 0.4) is 0 Å². The summed E-state index contributed by atoms with van der Waals surface area (Å²) >= 11 is 5.77. The summed E-state index contributed by atoms with van der Waals surface area (Å²) in [5, 5.41) is 8.49. The molecule has 0 aliphatic heterocycles. The zero-order chi connectivity index (χ0) is 8.04. The molecule has 0 spiro atoms. The van der Waals surface area contributed by atoms with Crippen LogP contribution in [0.25, 0.3) is 0 Å². The highest BCUT2D eigenvalue weighted by atomic mass is 35.5. The molecule has 2 heteroatoms. The first-order valence-corrected chi connectivity index (χ1v) is 4.41. The summed E-state index contributed by atoms with van der Waals surface area (Å²) in [7, 11) is 0. The molecule has 62 valence electrons. The van der Waals surface area contributed by atoms with Crippen LogP contribution in [0.4, 0.5) is 0 Å². The van der Waals surface area contributed by atoms with Crippen molar-refractivity contribution in [2.24, 2.45) is 0 Å². The second-order valence-corrected chi connectivity index (χ2v) is 3.48. The second kappa shape index (κ2) is 4.97. The van der Waals surface area contributed by atoms with Gasteiger partial charge in [-0.2, -0.15) is 0 Å². The molecule has 0 aromatic heterocycles. The number of aliphatic hydroxyl groups is 1. The third kappa shape index (κ3) is 5.07. The summed E-state index contributed by atoms with van der Waals surface area (Å²) in [5.41, 5.74) is 0. The van der Waals surface area contributed by atoms with Gasteiger partial charge >= 0.3 is 0 Å². The minimum atomic E-state index is -0.926. The molecule has 0 saturated heterocycles. The number of alkyl halides is 1. The van der Waals surface area contributed by atoms with E-state index < -0.39 is 5.06 Å². The monoisotopic (exact) mass is 164 g/mol. The van der Waals surface area contributed by atoms with E-state index in [9.17, 15) is 5.11 Å². The van der Waals surface area contributed by atoms with Gasteiger partial charge in [0, 0.05) is 0 Å². The van der Waals surface area contributed by atoms with Gasteiger partial charge in [0.25, 0.3) is 0 Å². The molecule has 1 atom stereocenters. The third-order valence-corrected chi connectivity index (χ3v) is 1.92. The standard InChI is InChI=1S/C8H17ClO/c1-3-5-7-8(9,10)6-4-2/h10H,3-7H2,1-2H3. The fraction of sp³-hybridized carbons (Fsp3) is 1.00. The van der Waals surface area contributed by atoms with Gasteiger partial charge in [-0.25, -0.2) is 0 Å². The Bertz CT molecular complexity index is 81.3. The van der Waals surface area contributed by atoms with Crippen molar-refractivity contribution in [3.05, 3.63) is 0 Å². The van der Waals surface area contributed by atoms with Gasteiger partial charge in [0.05, 0.1) is 0 Å². The van der Waals surface area contributed by atoms with E-state index in [1.54, 1.807) is 0 Å². The Hall–Kier alpha value is 0.250. The van der Waals surface area contributed by atoms with Crippen LogP contribution >= 0.6 is 11.6 Å². The predicted molar refractivity (Wildman–Crippen MR) is 45.2 cm³/mol. The van der Waals surface area contributed by atoms with E-state index in [0.29, 0.717) is 6.42 Å². The predicted octanol–water partition coefficient (Wildman–Crippen LogP) is 2.90. The first-order valence-electron chi connectivity index (χ1n) is 4.03. The average molecular weight is 165 g/mol. The van der Waals surface area contributed by atoms with Crippen LogP contribution in [0, 0.1) is 0 Å². The van der Waals surface area contributed by atoms with Gasteiger partial charge in [0.15, 0.2) is 0 Å². The minimum Gasteiger partial charge on any atom is -0.375 e. The lowest BCUT2D eigenvalue weighted by atomic mass is 10.1. The molecule has 0 aromatic rings. The summed E-state index contributed by atoms with van der Waals surface area (Å²) in [5.74, 6) is 0. The number of halogens is 1. The zero-order valence-corrected chi connectivity index (χ0v) is 7.62. The maximum absolute atomic E-state index is 9.41. The highest BCUT2D eigenvalue weighted by molar-refractivity contribution is 6.22. The molecule has 0 aliphatic rings. The van der Waals surface area contributed by atoms with E-state index in [0.717, 1.165) is 25.7 Å². The molecule has 1 unspecified atom stereocenters. The van der Waals surface area contributed by atoms with Crippen LogP contribution < -0.4 is 0 Å². The van der Waals surface area contributed by atoms with Gasteiger partial charge in [0.2, 0.25) is 0 Å². The van der Waals surface area contributed by atoms with Crippen molar-refractivity contribution in [3.63, 3.8) is 0 Å². The van der Waals surface area contributed by atoms with Crippen molar-refractivity contribution in [2.45, 2.75) is 51.0 Å². The molecule has 0 saturated carbocycles. The average Bonchev–Trinajstić information content (AvgIpc) is 1.84. The maximum Gasteiger partial charge on any atom is 0.138 e. The molecule has 1 N–H and O–H groups in total. The smallest absolute Gasteiger partial charge is 0.138 e. The fourth-order valence-corrected chi connectivity index (χ4v) is 1.28. The molecule has 0 rings (SSSR count). The van der Waals surface area contributed by atoms with E-state index in [1.165, 1.54) is 0 Å². The lowest BCUT2D eigenvalue weighted by molar-refractivity contribution is 0.105. The van der Waals surface area contributed by atoms with Crippen LogP contribution in [0.1, 0.15) is 46.0 Å². The molecule has 0 radical (unpaired) electrons. The fourth-order valence-electron chi connectivity index (χ4n) is 0.956. The Morgan fingerprint density at radius 3 is 2.20 bits per heavy atom. The van der Waals surface area contributed by atoms with Crippen LogP contribution in [0.5, 0.6) is 0 Å². The molecular formula is C8H17ClO. The number of hydrogen-bond acceptors (Lipinski definition) is 1. The molecule has 0 fully saturated rings. The van der Waals surface area contributed by atoms with Crippen LogP contribution in [0.15, 0.2) is 0 Å². The number of hydrogen-bond donors (Lipinski definition) is 1. The Kier molecular flexibility index (Phi) is 5.10. The van der Waals surface area contributed by atoms with Crippen molar-refractivity contribution in [1.29, 1.82) is 0 Å². The Morgan fingerprint density at radius 2 is 1.80 bits per heavy atom. The first kappa shape index (κ1) is 10.2. The van der Waals surface area contributed by atoms with Crippen LogP contribution in [0.2, 0.25) is 0 Å². The summed E-state index contributed by atoms with van der Waals surface area (Å²) in [6, 6.07) is 0. The highest BCUT2D eigenvalue weighted by Crippen LogP contribution is 2.24. The SMILES string of the molecule is CCCCC(O)(Cl)CCC. The molecule has 10 heavy (non-hydrogen) atoms. The molecule has 1 nitrogen and oxygen atoms in total. The summed E-state index contributed by atoms with van der Waals surface area (Å²) in [6.45, 7) is 4.12. The quantitative estimate of drug-likeness (QED) is 0.620. The van der Waals surface area contributed by atoms with E-state index in [4.69, 9.17) is 11.6 Å². The Balaban J connectivity index is 3.42. The van der Waals surface area contributed by atoms with Gasteiger partial charge in [-0.15, -0.1) is 0 Å². The van der Waals surface area contributed by atoms with Crippen LogP contribution in [-0.4, -0.2) is 10.2 Å². The molecule has 0 aromatic carbocycles. The zero-order valence-electron chi connectivity index (χ0n) is 6.86. The minimum absolute atomic E-state index is 0.703. The highest BCUT2D eigenvalue weighted by Gasteiger charge is 2.20. The van der Waals surface area contributed by atoms with Crippen molar-refractivity contribution < 1.29 is 5.11 Å². The van der Waals surface area contributed by atoms with E-state index >= 15 is 0 Å². The first-order chi connectivity index (χ1) is 4.62. The molecule has 0 amide bonds. The lowest BCUT2D eigenvalue weighted by Crippen LogP contribution is -2.19. The summed E-state index contributed by atoms with van der Waals surface area (Å²) < 4.78 is 0. The van der Waals surface area contributed by atoms with Crippen molar-refractivity contribution >= 4 is 11.6 Å². The van der Waals surface area contributed by atoms with Crippen molar-refractivity contribution in [1.82, 2.24) is 0 Å². The third-order valence-electron chi connectivity index (χ3n) is 1.55. The molecule has 0 aliphatic carbocycles. The number of rotatable bonds is 5.